The first-order valence-corrected chi connectivity index (χ1v) is 12.2. The van der Waals surface area contributed by atoms with Gasteiger partial charge in [-0.2, -0.15) is 4.98 Å². The maximum atomic E-state index is 13.3. The number of aromatic nitrogens is 5. The van der Waals surface area contributed by atoms with Gasteiger partial charge in [-0.25, -0.2) is 19.1 Å². The van der Waals surface area contributed by atoms with Crippen LogP contribution in [-0.2, 0) is 24.2 Å². The van der Waals surface area contributed by atoms with Gasteiger partial charge in [0.15, 0.2) is 5.65 Å². The highest BCUT2D eigenvalue weighted by Crippen LogP contribution is 2.23. The van der Waals surface area contributed by atoms with Crippen LogP contribution in [0.25, 0.3) is 16.7 Å². The van der Waals surface area contributed by atoms with E-state index in [0.717, 1.165) is 25.2 Å². The first kappa shape index (κ1) is 24.4. The molecule has 4 heterocycles. The van der Waals surface area contributed by atoms with Crippen LogP contribution < -0.4 is 16.2 Å². The summed E-state index contributed by atoms with van der Waals surface area (Å²) in [6.07, 6.45) is 3.73. The van der Waals surface area contributed by atoms with Gasteiger partial charge in [0.2, 0.25) is 5.95 Å². The molecule has 0 unspecified atom stereocenters. The van der Waals surface area contributed by atoms with Crippen LogP contribution in [0.2, 0.25) is 0 Å². The predicted octanol–water partition coefficient (Wildman–Crippen LogP) is 3.15. The number of fused-ring (bicyclic) bond motifs is 2. The molecule has 1 amide bonds. The monoisotopic (exact) mass is 502 g/mol. The Morgan fingerprint density at radius 3 is 2.84 bits per heavy atom. The van der Waals surface area contributed by atoms with Gasteiger partial charge in [-0.05, 0) is 62.2 Å². The molecule has 5 rings (SSSR count). The van der Waals surface area contributed by atoms with Gasteiger partial charge in [0.25, 0.3) is 5.56 Å². The van der Waals surface area contributed by atoms with E-state index >= 15 is 0 Å². The van der Waals surface area contributed by atoms with E-state index in [0.29, 0.717) is 28.4 Å². The van der Waals surface area contributed by atoms with Crippen molar-refractivity contribution >= 4 is 28.8 Å². The normalized spacial score (nSPS) is 13.0. The first-order chi connectivity index (χ1) is 17.9. The van der Waals surface area contributed by atoms with Gasteiger partial charge in [0, 0.05) is 37.7 Å². The molecule has 1 aliphatic rings. The highest BCUT2D eigenvalue weighted by Gasteiger charge is 2.20. The number of rotatable bonds is 6. The van der Waals surface area contributed by atoms with Gasteiger partial charge >= 0.3 is 6.09 Å². The third kappa shape index (κ3) is 4.77. The second kappa shape index (κ2) is 10.0. The molecule has 1 aromatic carbocycles. The van der Waals surface area contributed by atoms with E-state index in [2.05, 4.69) is 32.7 Å². The summed E-state index contributed by atoms with van der Waals surface area (Å²) < 4.78 is 8.22. The van der Waals surface area contributed by atoms with Crippen LogP contribution in [0, 0.1) is 0 Å². The van der Waals surface area contributed by atoms with E-state index in [1.807, 2.05) is 32.0 Å². The van der Waals surface area contributed by atoms with Crippen molar-refractivity contribution in [2.75, 3.05) is 26.0 Å². The van der Waals surface area contributed by atoms with Gasteiger partial charge in [-0.1, -0.05) is 6.07 Å². The summed E-state index contributed by atoms with van der Waals surface area (Å²) in [5.41, 5.74) is 5.14. The Morgan fingerprint density at radius 1 is 1.22 bits per heavy atom. The second-order valence-electron chi connectivity index (χ2n) is 9.35. The summed E-state index contributed by atoms with van der Waals surface area (Å²) in [4.78, 5) is 40.2. The number of methoxy groups -OCH3 is 1. The van der Waals surface area contributed by atoms with Crippen LogP contribution in [0.4, 0.5) is 16.4 Å². The molecule has 0 aliphatic carbocycles. The summed E-state index contributed by atoms with van der Waals surface area (Å²) in [6, 6.07) is 9.76. The molecule has 0 bridgehead atoms. The van der Waals surface area contributed by atoms with Crippen molar-refractivity contribution in [3.8, 4) is 5.69 Å². The van der Waals surface area contributed by atoms with E-state index in [4.69, 9.17) is 9.72 Å². The smallest absolute Gasteiger partial charge is 0.409 e. The zero-order valence-electron chi connectivity index (χ0n) is 21.4. The van der Waals surface area contributed by atoms with Crippen molar-refractivity contribution in [2.24, 2.45) is 0 Å². The van der Waals surface area contributed by atoms with E-state index in [-0.39, 0.29) is 18.1 Å². The highest BCUT2D eigenvalue weighted by molar-refractivity contribution is 5.77. The summed E-state index contributed by atoms with van der Waals surface area (Å²) in [5.74, 6) is 0.399. The summed E-state index contributed by atoms with van der Waals surface area (Å²) >= 11 is 0. The number of amides is 1. The number of carbonyl (C=O) groups is 1. The molecule has 3 aromatic heterocycles. The number of ether oxygens (including phenoxy) is 1. The van der Waals surface area contributed by atoms with E-state index in [1.54, 1.807) is 28.8 Å². The Hall–Kier alpha value is -4.25. The van der Waals surface area contributed by atoms with Crippen LogP contribution in [0.15, 0.2) is 47.5 Å². The Morgan fingerprint density at radius 2 is 2.05 bits per heavy atom. The maximum absolute atomic E-state index is 13.3. The number of carbonyl (C=O) groups excluding carboxylic acids is 1. The lowest BCUT2D eigenvalue weighted by molar-refractivity contribution is 0.131. The van der Waals surface area contributed by atoms with Crippen molar-refractivity contribution in [1.29, 1.82) is 0 Å². The number of nitrogens with one attached hydrogen (secondary N) is 2. The lowest BCUT2D eigenvalue weighted by Gasteiger charge is -2.18. The fourth-order valence-corrected chi connectivity index (χ4v) is 4.60. The van der Waals surface area contributed by atoms with Gasteiger partial charge in [-0.15, -0.1) is 0 Å². The molecule has 192 valence electrons. The number of hydrogen-bond acceptors (Lipinski definition) is 8. The van der Waals surface area contributed by atoms with Crippen LogP contribution in [0.5, 0.6) is 0 Å². The summed E-state index contributed by atoms with van der Waals surface area (Å²) in [6.45, 7) is 5.96. The number of pyridine rings is 1. The average Bonchev–Trinajstić information content (AvgIpc) is 3.20. The van der Waals surface area contributed by atoms with Crippen LogP contribution >= 0.6 is 0 Å². The minimum absolute atomic E-state index is 0.137. The van der Waals surface area contributed by atoms with Gasteiger partial charge < -0.3 is 20.3 Å². The highest BCUT2D eigenvalue weighted by atomic mass is 16.5. The summed E-state index contributed by atoms with van der Waals surface area (Å²) in [7, 11) is 2.97. The van der Waals surface area contributed by atoms with E-state index < -0.39 is 6.09 Å². The lowest BCUT2D eigenvalue weighted by atomic mass is 10.0. The lowest BCUT2D eigenvalue weighted by Crippen LogP contribution is -2.27. The molecule has 1 aliphatic heterocycles. The Balaban J connectivity index is 1.56. The Labute approximate surface area is 214 Å². The molecule has 0 atom stereocenters. The second-order valence-corrected chi connectivity index (χ2v) is 9.35. The SMILES string of the molecule is COC(=O)N(C)Cc1cc(-n2c3nc(Nc4ccc5c(c4)CCNC5)ncc3c(=O)n2C(C)C)ccn1. The standard InChI is InChI=1S/C26H30N8O3/c1-16(2)33-24(35)22-14-29-25(30-19-6-5-18-13-27-9-7-17(18)11-19)31-23(22)34(33)21-8-10-28-20(12-21)15-32(3)26(36)37-4/h5-6,8,10-12,14,16,27H,7,9,13,15H2,1-4H3,(H,29,30,31). The van der Waals surface area contributed by atoms with Crippen molar-refractivity contribution in [3.05, 3.63) is 69.9 Å². The largest absolute Gasteiger partial charge is 0.453 e. The molecule has 0 saturated heterocycles. The number of anilines is 2. The molecule has 37 heavy (non-hydrogen) atoms. The molecule has 11 nitrogen and oxygen atoms in total. The van der Waals surface area contributed by atoms with Gasteiger partial charge in [0.05, 0.1) is 25.0 Å². The maximum Gasteiger partial charge on any atom is 0.409 e. The van der Waals surface area contributed by atoms with Crippen molar-refractivity contribution in [2.45, 2.75) is 39.4 Å². The summed E-state index contributed by atoms with van der Waals surface area (Å²) in [5, 5.41) is 7.10. The van der Waals surface area contributed by atoms with Crippen molar-refractivity contribution in [1.82, 2.24) is 34.5 Å². The predicted molar refractivity (Wildman–Crippen MR) is 140 cm³/mol. The minimum atomic E-state index is -0.459. The number of hydrogen-bond donors (Lipinski definition) is 2. The van der Waals surface area contributed by atoms with Gasteiger partial charge in [0.1, 0.15) is 5.39 Å². The molecule has 4 aromatic rings. The number of nitrogens with zero attached hydrogens (tertiary/aromatic N) is 6. The van der Waals surface area contributed by atoms with Crippen molar-refractivity contribution in [3.63, 3.8) is 0 Å². The van der Waals surface area contributed by atoms with Crippen molar-refractivity contribution < 1.29 is 9.53 Å². The quantitative estimate of drug-likeness (QED) is 0.413. The Kier molecular flexibility index (Phi) is 6.62. The topological polar surface area (TPSA) is 119 Å². The zero-order chi connectivity index (χ0) is 26.1. The average molecular weight is 503 g/mol. The third-order valence-corrected chi connectivity index (χ3v) is 6.39. The molecule has 11 heteroatoms. The molecular weight excluding hydrogens is 472 g/mol. The Bertz CT molecular complexity index is 1520. The third-order valence-electron chi connectivity index (χ3n) is 6.39. The molecular formula is C26H30N8O3. The molecule has 0 saturated carbocycles. The van der Waals surface area contributed by atoms with E-state index in [1.165, 1.54) is 23.1 Å². The molecule has 0 fully saturated rings. The van der Waals surface area contributed by atoms with E-state index in [9.17, 15) is 9.59 Å². The fourth-order valence-electron chi connectivity index (χ4n) is 4.60. The van der Waals surface area contributed by atoms with Crippen LogP contribution in [0.1, 0.15) is 36.7 Å². The molecule has 0 radical (unpaired) electrons. The minimum Gasteiger partial charge on any atom is -0.453 e. The number of benzene rings is 1. The fraction of sp³-hybridized carbons (Fsp3) is 0.346. The van der Waals surface area contributed by atoms with Crippen LogP contribution in [0.3, 0.4) is 0 Å². The first-order valence-electron chi connectivity index (χ1n) is 12.2. The molecule has 2 N–H and O–H groups in total. The zero-order valence-corrected chi connectivity index (χ0v) is 21.4. The van der Waals surface area contributed by atoms with Crippen LogP contribution in [-0.4, -0.2) is 56.0 Å². The van der Waals surface area contributed by atoms with Gasteiger partial charge in [-0.3, -0.25) is 9.78 Å². The molecule has 0 spiro atoms.